The highest BCUT2D eigenvalue weighted by molar-refractivity contribution is 5.49. The first-order chi connectivity index (χ1) is 9.70. The van der Waals surface area contributed by atoms with Gasteiger partial charge in [0.15, 0.2) is 0 Å². The Hall–Kier alpha value is -1.32. The third-order valence-corrected chi connectivity index (χ3v) is 4.07. The van der Waals surface area contributed by atoms with Crippen LogP contribution in [0, 0.1) is 5.92 Å². The standard InChI is InChI=1S/C16H28N4/c1-4-14-7-5-6-10-20(14)16-11-15(18-12-19-16)17-9-8-13(2)3/h11-14H,4-10H2,1-3H3,(H,17,18,19). The van der Waals surface area contributed by atoms with Crippen LogP contribution in [0.15, 0.2) is 12.4 Å². The lowest BCUT2D eigenvalue weighted by atomic mass is 10.0. The molecule has 1 aromatic rings. The minimum absolute atomic E-state index is 0.641. The molecular weight excluding hydrogens is 248 g/mol. The lowest BCUT2D eigenvalue weighted by Crippen LogP contribution is -2.39. The van der Waals surface area contributed by atoms with Crippen LogP contribution in [0.25, 0.3) is 0 Å². The van der Waals surface area contributed by atoms with Gasteiger partial charge in [-0.05, 0) is 38.0 Å². The minimum Gasteiger partial charge on any atom is -0.370 e. The fourth-order valence-corrected chi connectivity index (χ4v) is 2.82. The van der Waals surface area contributed by atoms with E-state index in [2.05, 4.69) is 47.0 Å². The van der Waals surface area contributed by atoms with E-state index in [9.17, 15) is 0 Å². The van der Waals surface area contributed by atoms with Crippen LogP contribution in [-0.4, -0.2) is 29.1 Å². The Morgan fingerprint density at radius 2 is 2.20 bits per heavy atom. The lowest BCUT2D eigenvalue weighted by Gasteiger charge is -2.36. The van der Waals surface area contributed by atoms with Crippen molar-refractivity contribution in [3.63, 3.8) is 0 Å². The van der Waals surface area contributed by atoms with E-state index in [-0.39, 0.29) is 0 Å². The number of piperidine rings is 1. The Balaban J connectivity index is 2.00. The van der Waals surface area contributed by atoms with Gasteiger partial charge in [-0.25, -0.2) is 9.97 Å². The van der Waals surface area contributed by atoms with Crippen LogP contribution in [0.3, 0.4) is 0 Å². The maximum absolute atomic E-state index is 4.48. The summed E-state index contributed by atoms with van der Waals surface area (Å²) in [5.74, 6) is 2.75. The third kappa shape index (κ3) is 4.09. The van der Waals surface area contributed by atoms with Gasteiger partial charge in [-0.2, -0.15) is 0 Å². The molecule has 4 heteroatoms. The Bertz CT molecular complexity index is 405. The average Bonchev–Trinajstić information content (AvgIpc) is 2.47. The average molecular weight is 276 g/mol. The van der Waals surface area contributed by atoms with E-state index in [0.717, 1.165) is 30.6 Å². The van der Waals surface area contributed by atoms with E-state index < -0.39 is 0 Å². The molecule has 0 aromatic carbocycles. The van der Waals surface area contributed by atoms with E-state index in [0.29, 0.717) is 6.04 Å². The molecule has 1 aromatic heterocycles. The Morgan fingerprint density at radius 1 is 1.35 bits per heavy atom. The van der Waals surface area contributed by atoms with Gasteiger partial charge in [-0.3, -0.25) is 0 Å². The van der Waals surface area contributed by atoms with Gasteiger partial charge in [0.2, 0.25) is 0 Å². The smallest absolute Gasteiger partial charge is 0.134 e. The minimum atomic E-state index is 0.641. The van der Waals surface area contributed by atoms with Crippen molar-refractivity contribution in [3.05, 3.63) is 12.4 Å². The molecule has 0 bridgehead atoms. The van der Waals surface area contributed by atoms with Crippen molar-refractivity contribution in [2.24, 2.45) is 5.92 Å². The monoisotopic (exact) mass is 276 g/mol. The number of hydrogen-bond donors (Lipinski definition) is 1. The molecule has 1 aliphatic rings. The molecule has 0 radical (unpaired) electrons. The predicted octanol–water partition coefficient (Wildman–Crippen LogP) is 3.70. The summed E-state index contributed by atoms with van der Waals surface area (Å²) in [5.41, 5.74) is 0. The van der Waals surface area contributed by atoms with E-state index in [1.54, 1.807) is 6.33 Å². The fraction of sp³-hybridized carbons (Fsp3) is 0.750. The number of aromatic nitrogens is 2. The summed E-state index contributed by atoms with van der Waals surface area (Å²) in [6.45, 7) is 8.86. The molecule has 1 unspecified atom stereocenters. The van der Waals surface area contributed by atoms with Crippen molar-refractivity contribution in [2.75, 3.05) is 23.3 Å². The molecule has 112 valence electrons. The van der Waals surface area contributed by atoms with Crippen LogP contribution in [-0.2, 0) is 0 Å². The Morgan fingerprint density at radius 3 is 2.95 bits per heavy atom. The molecule has 0 saturated carbocycles. The second kappa shape index (κ2) is 7.46. The SMILES string of the molecule is CCC1CCCCN1c1cc(NCCC(C)C)ncn1. The van der Waals surface area contributed by atoms with Crippen LogP contribution in [0.1, 0.15) is 52.9 Å². The molecule has 2 heterocycles. The molecule has 0 aliphatic carbocycles. The quantitative estimate of drug-likeness (QED) is 0.860. The van der Waals surface area contributed by atoms with Gasteiger partial charge in [-0.15, -0.1) is 0 Å². The summed E-state index contributed by atoms with van der Waals surface area (Å²) >= 11 is 0. The van der Waals surface area contributed by atoms with Crippen molar-refractivity contribution >= 4 is 11.6 Å². The van der Waals surface area contributed by atoms with Crippen molar-refractivity contribution in [3.8, 4) is 0 Å². The summed E-state index contributed by atoms with van der Waals surface area (Å²) in [5, 5.41) is 3.41. The molecule has 1 atom stereocenters. The molecular formula is C16H28N4. The lowest BCUT2D eigenvalue weighted by molar-refractivity contribution is 0.446. The van der Waals surface area contributed by atoms with Crippen LogP contribution >= 0.6 is 0 Å². The maximum Gasteiger partial charge on any atom is 0.134 e. The summed E-state index contributed by atoms with van der Waals surface area (Å²) < 4.78 is 0. The molecule has 0 spiro atoms. The number of anilines is 2. The van der Waals surface area contributed by atoms with Gasteiger partial charge in [-0.1, -0.05) is 20.8 Å². The highest BCUT2D eigenvalue weighted by Crippen LogP contribution is 2.25. The largest absolute Gasteiger partial charge is 0.370 e. The zero-order valence-corrected chi connectivity index (χ0v) is 13.1. The molecule has 1 fully saturated rings. The van der Waals surface area contributed by atoms with Gasteiger partial charge in [0.05, 0.1) is 0 Å². The molecule has 1 aliphatic heterocycles. The highest BCUT2D eigenvalue weighted by atomic mass is 15.2. The number of hydrogen-bond acceptors (Lipinski definition) is 4. The number of nitrogens with one attached hydrogen (secondary N) is 1. The van der Waals surface area contributed by atoms with Crippen molar-refractivity contribution in [1.29, 1.82) is 0 Å². The van der Waals surface area contributed by atoms with Gasteiger partial charge >= 0.3 is 0 Å². The predicted molar refractivity (Wildman–Crippen MR) is 85.3 cm³/mol. The second-order valence-electron chi connectivity index (χ2n) is 6.12. The molecule has 20 heavy (non-hydrogen) atoms. The molecule has 2 rings (SSSR count). The van der Waals surface area contributed by atoms with Gasteiger partial charge in [0.1, 0.15) is 18.0 Å². The summed E-state index contributed by atoms with van der Waals surface area (Å²) in [4.78, 5) is 11.3. The second-order valence-corrected chi connectivity index (χ2v) is 6.12. The van der Waals surface area contributed by atoms with Crippen molar-refractivity contribution in [2.45, 2.75) is 58.9 Å². The fourth-order valence-electron chi connectivity index (χ4n) is 2.82. The van der Waals surface area contributed by atoms with Crippen LogP contribution < -0.4 is 10.2 Å². The van der Waals surface area contributed by atoms with Crippen LogP contribution in [0.4, 0.5) is 11.6 Å². The first-order valence-electron chi connectivity index (χ1n) is 8.03. The molecule has 4 nitrogen and oxygen atoms in total. The van der Waals surface area contributed by atoms with Gasteiger partial charge in [0.25, 0.3) is 0 Å². The Labute approximate surface area is 123 Å². The number of nitrogens with zero attached hydrogens (tertiary/aromatic N) is 3. The summed E-state index contributed by atoms with van der Waals surface area (Å²) in [7, 11) is 0. The normalized spacial score (nSPS) is 19.4. The van der Waals surface area contributed by atoms with Gasteiger partial charge < -0.3 is 10.2 Å². The maximum atomic E-state index is 4.48. The van der Waals surface area contributed by atoms with Crippen LogP contribution in [0.2, 0.25) is 0 Å². The van der Waals surface area contributed by atoms with E-state index in [4.69, 9.17) is 0 Å². The highest BCUT2D eigenvalue weighted by Gasteiger charge is 2.22. The Kier molecular flexibility index (Phi) is 5.62. The molecule has 1 saturated heterocycles. The van der Waals surface area contributed by atoms with E-state index in [1.165, 1.54) is 32.1 Å². The van der Waals surface area contributed by atoms with Crippen molar-refractivity contribution in [1.82, 2.24) is 9.97 Å². The zero-order chi connectivity index (χ0) is 14.4. The van der Waals surface area contributed by atoms with Crippen LogP contribution in [0.5, 0.6) is 0 Å². The van der Waals surface area contributed by atoms with E-state index in [1.807, 2.05) is 0 Å². The number of rotatable bonds is 6. The topological polar surface area (TPSA) is 41.0 Å². The molecule has 1 N–H and O–H groups in total. The first-order valence-corrected chi connectivity index (χ1v) is 8.03. The summed E-state index contributed by atoms with van der Waals surface area (Å²) in [6, 6.07) is 2.75. The third-order valence-electron chi connectivity index (χ3n) is 4.07. The van der Waals surface area contributed by atoms with Crippen molar-refractivity contribution < 1.29 is 0 Å². The molecule has 0 amide bonds. The van der Waals surface area contributed by atoms with E-state index >= 15 is 0 Å². The summed E-state index contributed by atoms with van der Waals surface area (Å²) in [6.07, 6.45) is 7.96. The zero-order valence-electron chi connectivity index (χ0n) is 13.1. The first kappa shape index (κ1) is 15.1. The van der Waals surface area contributed by atoms with Gasteiger partial charge in [0, 0.05) is 25.2 Å².